The van der Waals surface area contributed by atoms with E-state index in [9.17, 15) is 4.79 Å². The highest BCUT2D eigenvalue weighted by molar-refractivity contribution is 5.65. The van der Waals surface area contributed by atoms with Crippen LogP contribution in [0, 0.1) is 0 Å². The fraction of sp³-hybridized carbons (Fsp3) is 0.938. The molecular weight excluding hydrogens is 288 g/mol. The van der Waals surface area contributed by atoms with Gasteiger partial charge < -0.3 is 24.1 Å². The van der Waals surface area contributed by atoms with Crippen LogP contribution in [-0.2, 0) is 23.7 Å². The number of rotatable bonds is 8. The van der Waals surface area contributed by atoms with E-state index in [1.807, 2.05) is 0 Å². The van der Waals surface area contributed by atoms with Crippen LogP contribution < -0.4 is 0 Å². The molecule has 0 fully saturated rings. The van der Waals surface area contributed by atoms with Crippen LogP contribution in [0.25, 0.3) is 0 Å². The molecule has 0 rings (SSSR count). The Bertz CT molecular complexity index is 253. The topological polar surface area (TPSA) is 74.2 Å². The lowest BCUT2D eigenvalue weighted by atomic mass is 10.1. The molecule has 0 heterocycles. The first-order valence-electron chi connectivity index (χ1n) is 7.58. The van der Waals surface area contributed by atoms with Crippen LogP contribution in [0.3, 0.4) is 0 Å². The lowest BCUT2D eigenvalue weighted by Crippen LogP contribution is -2.31. The molecule has 0 aromatic heterocycles. The SMILES string of the molecule is CC(=O)OCCOCCOCCO.CC(C)(C)OC(C)(C)C. The largest absolute Gasteiger partial charge is 0.463 e. The van der Waals surface area contributed by atoms with Crippen molar-refractivity contribution in [3.63, 3.8) is 0 Å². The Morgan fingerprint density at radius 3 is 1.55 bits per heavy atom. The number of carbonyl (C=O) groups excluding carboxylic acids is 1. The summed E-state index contributed by atoms with van der Waals surface area (Å²) in [6.07, 6.45) is 0. The molecule has 0 aliphatic carbocycles. The Hall–Kier alpha value is -0.690. The first-order valence-corrected chi connectivity index (χ1v) is 7.58. The molecule has 0 unspecified atom stereocenters. The molecule has 0 atom stereocenters. The van der Waals surface area contributed by atoms with Crippen LogP contribution in [0.5, 0.6) is 0 Å². The van der Waals surface area contributed by atoms with Gasteiger partial charge in [0.15, 0.2) is 0 Å². The van der Waals surface area contributed by atoms with Gasteiger partial charge in [0, 0.05) is 6.92 Å². The Balaban J connectivity index is 0. The molecule has 6 nitrogen and oxygen atoms in total. The minimum Gasteiger partial charge on any atom is -0.463 e. The number of carbonyl (C=O) groups is 1. The second-order valence-corrected chi connectivity index (χ2v) is 6.62. The van der Waals surface area contributed by atoms with E-state index in [2.05, 4.69) is 46.3 Å². The maximum absolute atomic E-state index is 10.3. The normalized spacial score (nSPS) is 11.6. The van der Waals surface area contributed by atoms with E-state index in [-0.39, 0.29) is 30.4 Å². The molecular formula is C16H34O6. The summed E-state index contributed by atoms with van der Waals surface area (Å²) < 4.78 is 20.2. The van der Waals surface area contributed by atoms with E-state index in [0.29, 0.717) is 26.4 Å². The van der Waals surface area contributed by atoms with Crippen molar-refractivity contribution in [2.75, 3.05) is 39.6 Å². The summed E-state index contributed by atoms with van der Waals surface area (Å²) in [5.41, 5.74) is -0.0312. The number of esters is 1. The van der Waals surface area contributed by atoms with Gasteiger partial charge in [0.05, 0.1) is 44.2 Å². The highest BCUT2D eigenvalue weighted by Crippen LogP contribution is 2.17. The average molecular weight is 322 g/mol. The van der Waals surface area contributed by atoms with Crippen molar-refractivity contribution in [1.29, 1.82) is 0 Å². The minimum atomic E-state index is -0.305. The molecule has 0 saturated heterocycles. The Labute approximate surface area is 135 Å². The number of hydrogen-bond donors (Lipinski definition) is 1. The fourth-order valence-electron chi connectivity index (χ4n) is 1.55. The predicted octanol–water partition coefficient (Wildman–Crippen LogP) is 2.17. The van der Waals surface area contributed by atoms with Crippen molar-refractivity contribution in [3.05, 3.63) is 0 Å². The number of aliphatic hydroxyl groups excluding tert-OH is 1. The van der Waals surface area contributed by atoms with Crippen LogP contribution in [0.4, 0.5) is 0 Å². The first-order chi connectivity index (χ1) is 9.98. The number of hydrogen-bond acceptors (Lipinski definition) is 6. The van der Waals surface area contributed by atoms with Crippen molar-refractivity contribution in [2.45, 2.75) is 59.7 Å². The maximum Gasteiger partial charge on any atom is 0.302 e. The van der Waals surface area contributed by atoms with Crippen molar-refractivity contribution in [3.8, 4) is 0 Å². The molecule has 1 N–H and O–H groups in total. The number of aliphatic hydroxyl groups is 1. The summed E-state index contributed by atoms with van der Waals surface area (Å²) in [5.74, 6) is -0.305. The van der Waals surface area contributed by atoms with Gasteiger partial charge in [-0.1, -0.05) is 0 Å². The quantitative estimate of drug-likeness (QED) is 0.545. The van der Waals surface area contributed by atoms with Gasteiger partial charge in [-0.15, -0.1) is 0 Å². The molecule has 0 aromatic rings. The van der Waals surface area contributed by atoms with E-state index < -0.39 is 0 Å². The molecule has 0 aromatic carbocycles. The van der Waals surface area contributed by atoms with Gasteiger partial charge >= 0.3 is 5.97 Å². The van der Waals surface area contributed by atoms with Gasteiger partial charge in [0.25, 0.3) is 0 Å². The van der Waals surface area contributed by atoms with Crippen molar-refractivity contribution in [1.82, 2.24) is 0 Å². The van der Waals surface area contributed by atoms with Crippen molar-refractivity contribution in [2.24, 2.45) is 0 Å². The van der Waals surface area contributed by atoms with E-state index in [0.717, 1.165) is 0 Å². The Morgan fingerprint density at radius 2 is 1.23 bits per heavy atom. The van der Waals surface area contributed by atoms with Crippen LogP contribution >= 0.6 is 0 Å². The first kappa shape index (κ1) is 23.6. The highest BCUT2D eigenvalue weighted by atomic mass is 16.6. The third-order valence-corrected chi connectivity index (χ3v) is 1.75. The van der Waals surface area contributed by atoms with Crippen LogP contribution in [0.15, 0.2) is 0 Å². The molecule has 0 radical (unpaired) electrons. The van der Waals surface area contributed by atoms with Gasteiger partial charge in [0.1, 0.15) is 6.61 Å². The monoisotopic (exact) mass is 322 g/mol. The minimum absolute atomic E-state index is 0.0156. The van der Waals surface area contributed by atoms with Crippen LogP contribution in [0.2, 0.25) is 0 Å². The summed E-state index contributed by atoms with van der Waals surface area (Å²) in [7, 11) is 0. The molecule has 0 bridgehead atoms. The molecule has 0 spiro atoms. The summed E-state index contributed by atoms with van der Waals surface area (Å²) >= 11 is 0. The lowest BCUT2D eigenvalue weighted by molar-refractivity contribution is -0.142. The van der Waals surface area contributed by atoms with Gasteiger partial charge in [-0.3, -0.25) is 4.79 Å². The maximum atomic E-state index is 10.3. The summed E-state index contributed by atoms with van der Waals surface area (Å²) in [6.45, 7) is 15.6. The molecule has 0 aliphatic heterocycles. The Kier molecular flexibility index (Phi) is 13.7. The van der Waals surface area contributed by atoms with Gasteiger partial charge in [-0.2, -0.15) is 0 Å². The highest BCUT2D eigenvalue weighted by Gasteiger charge is 2.19. The molecule has 6 heteroatoms. The summed E-state index contributed by atoms with van der Waals surface area (Å²) in [4.78, 5) is 10.3. The molecule has 22 heavy (non-hydrogen) atoms. The zero-order valence-electron chi connectivity index (χ0n) is 15.2. The third kappa shape index (κ3) is 27.6. The zero-order chi connectivity index (χ0) is 17.6. The predicted molar refractivity (Wildman–Crippen MR) is 85.9 cm³/mol. The Morgan fingerprint density at radius 1 is 0.818 bits per heavy atom. The molecule has 0 amide bonds. The van der Waals surface area contributed by atoms with E-state index >= 15 is 0 Å². The fourth-order valence-corrected chi connectivity index (χ4v) is 1.55. The smallest absolute Gasteiger partial charge is 0.302 e. The van der Waals surface area contributed by atoms with E-state index in [4.69, 9.17) is 19.3 Å². The number of ether oxygens (including phenoxy) is 4. The van der Waals surface area contributed by atoms with E-state index in [1.54, 1.807) is 0 Å². The summed E-state index contributed by atoms with van der Waals surface area (Å²) in [6, 6.07) is 0. The van der Waals surface area contributed by atoms with Crippen molar-refractivity contribution < 1.29 is 28.8 Å². The molecule has 0 saturated carbocycles. The van der Waals surface area contributed by atoms with Crippen LogP contribution in [-0.4, -0.2) is 61.9 Å². The van der Waals surface area contributed by atoms with E-state index in [1.165, 1.54) is 6.92 Å². The van der Waals surface area contributed by atoms with Gasteiger partial charge in [-0.25, -0.2) is 0 Å². The third-order valence-electron chi connectivity index (χ3n) is 1.75. The van der Waals surface area contributed by atoms with Gasteiger partial charge in [-0.05, 0) is 41.5 Å². The summed E-state index contributed by atoms with van der Waals surface area (Å²) in [5, 5.41) is 8.34. The second-order valence-electron chi connectivity index (χ2n) is 6.62. The second kappa shape index (κ2) is 12.8. The lowest BCUT2D eigenvalue weighted by Gasteiger charge is -2.30. The average Bonchev–Trinajstić information content (AvgIpc) is 2.28. The zero-order valence-corrected chi connectivity index (χ0v) is 15.2. The van der Waals surface area contributed by atoms with Crippen molar-refractivity contribution >= 4 is 5.97 Å². The van der Waals surface area contributed by atoms with Crippen LogP contribution in [0.1, 0.15) is 48.5 Å². The molecule has 0 aliphatic rings. The van der Waals surface area contributed by atoms with Gasteiger partial charge in [0.2, 0.25) is 0 Å². The molecule has 134 valence electrons. The standard InChI is InChI=1S/C8H16O5.C8H18O/c1-8(10)13-7-6-12-5-4-11-3-2-9;1-7(2,3)9-8(4,5)6/h9H,2-7H2,1H3;1-6H3.